The summed E-state index contributed by atoms with van der Waals surface area (Å²) in [5.74, 6) is 0.700. The smallest absolute Gasteiger partial charge is 0.241 e. The number of aliphatic imine (C=N–C) groups is 1. The highest BCUT2D eigenvalue weighted by molar-refractivity contribution is 14.0. The molecule has 0 aliphatic carbocycles. The maximum absolute atomic E-state index is 11.7. The van der Waals surface area contributed by atoms with Gasteiger partial charge in [0, 0.05) is 25.1 Å². The van der Waals surface area contributed by atoms with Gasteiger partial charge in [-0.2, -0.15) is 0 Å². The third kappa shape index (κ3) is 8.86. The summed E-state index contributed by atoms with van der Waals surface area (Å²) in [6, 6.07) is 6.17. The van der Waals surface area contributed by atoms with Crippen LogP contribution in [0, 0.1) is 6.92 Å². The van der Waals surface area contributed by atoms with Gasteiger partial charge in [-0.1, -0.05) is 35.3 Å². The van der Waals surface area contributed by atoms with Crippen LogP contribution in [-0.2, 0) is 11.3 Å². The average Bonchev–Trinajstić information content (AvgIpc) is 2.50. The van der Waals surface area contributed by atoms with Crippen molar-refractivity contribution in [1.82, 2.24) is 15.5 Å². The molecular formula is C17H28BrIN4O. The van der Waals surface area contributed by atoms with Gasteiger partial charge in [-0.05, 0) is 36.6 Å². The van der Waals surface area contributed by atoms with Crippen molar-refractivity contribution in [1.29, 1.82) is 0 Å². The minimum atomic E-state index is 0. The zero-order valence-corrected chi connectivity index (χ0v) is 18.8. The lowest BCUT2D eigenvalue weighted by Gasteiger charge is -2.15. The van der Waals surface area contributed by atoms with Crippen LogP contribution in [0.2, 0.25) is 0 Å². The molecule has 0 heterocycles. The van der Waals surface area contributed by atoms with Crippen molar-refractivity contribution in [2.45, 2.75) is 33.2 Å². The van der Waals surface area contributed by atoms with E-state index in [1.807, 2.05) is 6.07 Å². The number of aryl methyl sites for hydroxylation is 1. The monoisotopic (exact) mass is 510 g/mol. The fourth-order valence-corrected chi connectivity index (χ4v) is 2.35. The van der Waals surface area contributed by atoms with Crippen molar-refractivity contribution >= 4 is 51.8 Å². The summed E-state index contributed by atoms with van der Waals surface area (Å²) in [6.45, 7) is 5.88. The van der Waals surface area contributed by atoms with Crippen LogP contribution in [0.4, 0.5) is 0 Å². The lowest BCUT2D eigenvalue weighted by molar-refractivity contribution is -0.127. The Morgan fingerprint density at radius 3 is 2.58 bits per heavy atom. The molecule has 0 spiro atoms. The minimum Gasteiger partial charge on any atom is -0.356 e. The summed E-state index contributed by atoms with van der Waals surface area (Å²) < 4.78 is 1.07. The number of carbonyl (C=O) groups is 1. The number of rotatable bonds is 7. The average molecular weight is 511 g/mol. The molecule has 0 unspecified atom stereocenters. The molecule has 0 atom stereocenters. The zero-order valence-electron chi connectivity index (χ0n) is 14.9. The van der Waals surface area contributed by atoms with Crippen molar-refractivity contribution in [3.8, 4) is 0 Å². The second-order valence-corrected chi connectivity index (χ2v) is 6.57. The van der Waals surface area contributed by atoms with Crippen molar-refractivity contribution in [2.24, 2.45) is 4.99 Å². The number of nitrogens with one attached hydrogen (secondary N) is 2. The van der Waals surface area contributed by atoms with Gasteiger partial charge in [0.25, 0.3) is 0 Å². The van der Waals surface area contributed by atoms with Crippen LogP contribution in [0.1, 0.15) is 30.9 Å². The first-order valence-corrected chi connectivity index (χ1v) is 8.70. The van der Waals surface area contributed by atoms with Crippen molar-refractivity contribution in [3.05, 3.63) is 33.8 Å². The summed E-state index contributed by atoms with van der Waals surface area (Å²) in [6.07, 6.45) is 2.18. The summed E-state index contributed by atoms with van der Waals surface area (Å²) >= 11 is 3.47. The molecule has 0 saturated heterocycles. The highest BCUT2D eigenvalue weighted by Gasteiger charge is 2.06. The topological polar surface area (TPSA) is 56.7 Å². The predicted octanol–water partition coefficient (Wildman–Crippen LogP) is 3.30. The third-order valence-corrected chi connectivity index (χ3v) is 3.93. The maximum Gasteiger partial charge on any atom is 0.241 e. The molecule has 7 heteroatoms. The molecule has 0 radical (unpaired) electrons. The predicted molar refractivity (Wildman–Crippen MR) is 115 cm³/mol. The second kappa shape index (κ2) is 12.5. The molecule has 0 saturated carbocycles. The van der Waals surface area contributed by atoms with E-state index in [0.717, 1.165) is 23.9 Å². The molecule has 0 fully saturated rings. The Morgan fingerprint density at radius 2 is 2.00 bits per heavy atom. The number of unbranched alkanes of at least 4 members (excludes halogenated alkanes) is 1. The molecule has 0 aromatic heterocycles. The Morgan fingerprint density at radius 1 is 1.29 bits per heavy atom. The van der Waals surface area contributed by atoms with Gasteiger partial charge in [0.15, 0.2) is 5.96 Å². The van der Waals surface area contributed by atoms with Crippen LogP contribution in [0.5, 0.6) is 0 Å². The highest BCUT2D eigenvalue weighted by atomic mass is 127. The van der Waals surface area contributed by atoms with Gasteiger partial charge < -0.3 is 15.5 Å². The molecule has 2 N–H and O–H groups in total. The van der Waals surface area contributed by atoms with Gasteiger partial charge in [-0.25, -0.2) is 4.99 Å². The van der Waals surface area contributed by atoms with Crippen molar-refractivity contribution < 1.29 is 4.79 Å². The van der Waals surface area contributed by atoms with E-state index in [0.29, 0.717) is 12.5 Å². The minimum absolute atomic E-state index is 0. The zero-order chi connectivity index (χ0) is 17.2. The third-order valence-electron chi connectivity index (χ3n) is 3.44. The first kappa shape index (κ1) is 23.2. The van der Waals surface area contributed by atoms with Crippen molar-refractivity contribution in [3.63, 3.8) is 0 Å². The fraction of sp³-hybridized carbons (Fsp3) is 0.529. The molecule has 0 aliphatic rings. The van der Waals surface area contributed by atoms with Crippen LogP contribution >= 0.6 is 39.9 Å². The molecule has 1 aromatic rings. The quantitative estimate of drug-likeness (QED) is 0.256. The maximum atomic E-state index is 11.7. The number of likely N-dealkylation sites (N-methyl/N-ethyl adjacent to an activating group) is 1. The van der Waals surface area contributed by atoms with Crippen LogP contribution in [0.25, 0.3) is 0 Å². The molecule has 5 nitrogen and oxygen atoms in total. The summed E-state index contributed by atoms with van der Waals surface area (Å²) in [5.41, 5.74) is 2.36. The lowest BCUT2D eigenvalue weighted by Crippen LogP contribution is -2.43. The molecule has 1 rings (SSSR count). The van der Waals surface area contributed by atoms with E-state index < -0.39 is 0 Å². The van der Waals surface area contributed by atoms with Gasteiger partial charge in [0.05, 0.1) is 13.1 Å². The van der Waals surface area contributed by atoms with E-state index in [2.05, 4.69) is 57.5 Å². The first-order chi connectivity index (χ1) is 10.9. The number of amides is 1. The molecule has 0 aliphatic heterocycles. The number of hydrogen-bond donors (Lipinski definition) is 2. The second-order valence-electron chi connectivity index (χ2n) is 5.66. The fourth-order valence-electron chi connectivity index (χ4n) is 1.88. The Balaban J connectivity index is 0.00000529. The van der Waals surface area contributed by atoms with Crippen LogP contribution < -0.4 is 10.6 Å². The van der Waals surface area contributed by atoms with E-state index in [1.54, 1.807) is 19.0 Å². The summed E-state index contributed by atoms with van der Waals surface area (Å²) in [5, 5.41) is 6.37. The number of halogens is 2. The normalized spacial score (nSPS) is 10.8. The standard InChI is InChI=1S/C17H27BrN4O.HI/c1-5-6-9-19-17(21-12-16(23)22(3)4)20-11-14-7-8-15(18)10-13(14)2;/h7-8,10H,5-6,9,11-12H2,1-4H3,(H2,19,20,21);1H. The SMILES string of the molecule is CCCCNC(=NCc1ccc(Br)cc1C)NCC(=O)N(C)C.I. The molecular weight excluding hydrogens is 483 g/mol. The number of hydrogen-bond acceptors (Lipinski definition) is 2. The molecule has 24 heavy (non-hydrogen) atoms. The van der Waals surface area contributed by atoms with Crippen LogP contribution in [0.3, 0.4) is 0 Å². The van der Waals surface area contributed by atoms with Gasteiger partial charge in [0.2, 0.25) is 5.91 Å². The largest absolute Gasteiger partial charge is 0.356 e. The molecule has 1 amide bonds. The molecule has 136 valence electrons. The van der Waals surface area contributed by atoms with Crippen LogP contribution in [-0.4, -0.2) is 44.0 Å². The van der Waals surface area contributed by atoms with Crippen LogP contribution in [0.15, 0.2) is 27.7 Å². The van der Waals surface area contributed by atoms with E-state index in [9.17, 15) is 4.79 Å². The van der Waals surface area contributed by atoms with Gasteiger partial charge in [0.1, 0.15) is 0 Å². The lowest BCUT2D eigenvalue weighted by atomic mass is 10.1. The Kier molecular flexibility index (Phi) is 12.1. The van der Waals surface area contributed by atoms with E-state index in [4.69, 9.17) is 0 Å². The van der Waals surface area contributed by atoms with E-state index in [1.165, 1.54) is 11.1 Å². The first-order valence-electron chi connectivity index (χ1n) is 7.91. The summed E-state index contributed by atoms with van der Waals surface area (Å²) in [4.78, 5) is 17.9. The van der Waals surface area contributed by atoms with Gasteiger partial charge in [-0.15, -0.1) is 24.0 Å². The number of carbonyl (C=O) groups excluding carboxylic acids is 1. The Hall–Kier alpha value is -0.830. The number of benzene rings is 1. The van der Waals surface area contributed by atoms with Gasteiger partial charge >= 0.3 is 0 Å². The van der Waals surface area contributed by atoms with E-state index in [-0.39, 0.29) is 36.4 Å². The Labute approximate surface area is 170 Å². The van der Waals surface area contributed by atoms with Crippen molar-refractivity contribution in [2.75, 3.05) is 27.2 Å². The Bertz CT molecular complexity index is 549. The van der Waals surface area contributed by atoms with E-state index >= 15 is 0 Å². The highest BCUT2D eigenvalue weighted by Crippen LogP contribution is 2.16. The molecule has 1 aromatic carbocycles. The van der Waals surface area contributed by atoms with Gasteiger partial charge in [-0.3, -0.25) is 4.79 Å². The number of guanidine groups is 1. The molecule has 0 bridgehead atoms. The summed E-state index contributed by atoms with van der Waals surface area (Å²) in [7, 11) is 3.49. The number of nitrogens with zero attached hydrogens (tertiary/aromatic N) is 2.